The number of methoxy groups -OCH3 is 1. The molecule has 1 rings (SSSR count). The zero-order valence-corrected chi connectivity index (χ0v) is 11.8. The monoisotopic (exact) mass is 264 g/mol. The van der Waals surface area contributed by atoms with E-state index in [2.05, 4.69) is 4.74 Å². The van der Waals surface area contributed by atoms with Crippen molar-refractivity contribution in [2.75, 3.05) is 7.11 Å². The third-order valence-electron chi connectivity index (χ3n) is 2.71. The highest BCUT2D eigenvalue weighted by Crippen LogP contribution is 2.17. The first-order valence-electron chi connectivity index (χ1n) is 6.28. The molecule has 0 bridgehead atoms. The van der Waals surface area contributed by atoms with E-state index >= 15 is 0 Å². The molecule has 0 spiro atoms. The van der Waals surface area contributed by atoms with E-state index in [1.54, 1.807) is 0 Å². The molecule has 0 heterocycles. The van der Waals surface area contributed by atoms with Crippen molar-refractivity contribution in [3.8, 4) is 5.75 Å². The Morgan fingerprint density at radius 1 is 1.16 bits per heavy atom. The molecule has 4 nitrogen and oxygen atoms in total. The number of esters is 1. The number of ketones is 1. The van der Waals surface area contributed by atoms with Crippen molar-refractivity contribution in [1.29, 1.82) is 0 Å². The minimum Gasteiger partial charge on any atom is -0.491 e. The van der Waals surface area contributed by atoms with E-state index in [1.165, 1.54) is 14.0 Å². The lowest BCUT2D eigenvalue weighted by Crippen LogP contribution is -2.25. The van der Waals surface area contributed by atoms with Gasteiger partial charge in [-0.05, 0) is 44.9 Å². The molecular weight excluding hydrogens is 244 g/mol. The average molecular weight is 264 g/mol. The molecule has 0 saturated heterocycles. The lowest BCUT2D eigenvalue weighted by molar-refractivity contribution is -0.148. The minimum absolute atomic E-state index is 0.117. The lowest BCUT2D eigenvalue weighted by atomic mass is 9.96. The number of hydrogen-bond acceptors (Lipinski definition) is 4. The molecule has 1 unspecified atom stereocenters. The SMILES string of the molecule is COC(=O)C(Cc1ccc(OC(C)C)cc1)C(C)=O. The number of ether oxygens (including phenoxy) is 2. The second-order valence-electron chi connectivity index (χ2n) is 4.70. The fraction of sp³-hybridized carbons (Fsp3) is 0.467. The summed E-state index contributed by atoms with van der Waals surface area (Å²) in [5.41, 5.74) is 0.904. The van der Waals surface area contributed by atoms with Crippen molar-refractivity contribution < 1.29 is 19.1 Å². The van der Waals surface area contributed by atoms with Gasteiger partial charge in [0.05, 0.1) is 13.2 Å². The van der Waals surface area contributed by atoms with Crippen LogP contribution in [0.3, 0.4) is 0 Å². The van der Waals surface area contributed by atoms with Crippen LogP contribution in [0.15, 0.2) is 24.3 Å². The maximum atomic E-state index is 11.5. The molecule has 0 amide bonds. The van der Waals surface area contributed by atoms with Gasteiger partial charge >= 0.3 is 5.97 Å². The van der Waals surface area contributed by atoms with Crippen molar-refractivity contribution in [3.63, 3.8) is 0 Å². The summed E-state index contributed by atoms with van der Waals surface area (Å²) in [5, 5.41) is 0. The Kier molecular flexibility index (Phi) is 5.55. The van der Waals surface area contributed by atoms with Gasteiger partial charge in [0, 0.05) is 0 Å². The number of benzene rings is 1. The first-order chi connectivity index (χ1) is 8.93. The second-order valence-corrected chi connectivity index (χ2v) is 4.70. The van der Waals surface area contributed by atoms with Crippen LogP contribution < -0.4 is 4.74 Å². The Balaban J connectivity index is 2.75. The number of hydrogen-bond donors (Lipinski definition) is 0. The fourth-order valence-corrected chi connectivity index (χ4v) is 1.75. The standard InChI is InChI=1S/C15H20O4/c1-10(2)19-13-7-5-12(6-8-13)9-14(11(3)16)15(17)18-4/h5-8,10,14H,9H2,1-4H3. The van der Waals surface area contributed by atoms with Crippen molar-refractivity contribution in [2.45, 2.75) is 33.3 Å². The zero-order chi connectivity index (χ0) is 14.4. The van der Waals surface area contributed by atoms with Crippen LogP contribution in [0.25, 0.3) is 0 Å². The van der Waals surface area contributed by atoms with Gasteiger partial charge in [-0.15, -0.1) is 0 Å². The Hall–Kier alpha value is -1.84. The van der Waals surface area contributed by atoms with Crippen molar-refractivity contribution in [3.05, 3.63) is 29.8 Å². The summed E-state index contributed by atoms with van der Waals surface area (Å²) in [7, 11) is 1.29. The first kappa shape index (κ1) is 15.2. The predicted molar refractivity (Wildman–Crippen MR) is 72.1 cm³/mol. The fourth-order valence-electron chi connectivity index (χ4n) is 1.75. The van der Waals surface area contributed by atoms with Gasteiger partial charge < -0.3 is 9.47 Å². The van der Waals surface area contributed by atoms with Crippen LogP contribution in [0.1, 0.15) is 26.3 Å². The van der Waals surface area contributed by atoms with Gasteiger partial charge in [-0.2, -0.15) is 0 Å². The largest absolute Gasteiger partial charge is 0.491 e. The van der Waals surface area contributed by atoms with Crippen LogP contribution in [0, 0.1) is 5.92 Å². The Morgan fingerprint density at radius 3 is 2.16 bits per heavy atom. The van der Waals surface area contributed by atoms with Gasteiger partial charge in [0.1, 0.15) is 17.5 Å². The quantitative estimate of drug-likeness (QED) is 0.585. The van der Waals surface area contributed by atoms with Gasteiger partial charge in [-0.25, -0.2) is 0 Å². The van der Waals surface area contributed by atoms with Gasteiger partial charge in [-0.1, -0.05) is 12.1 Å². The normalized spacial score (nSPS) is 12.1. The molecule has 0 aliphatic heterocycles. The van der Waals surface area contributed by atoms with E-state index in [9.17, 15) is 9.59 Å². The maximum absolute atomic E-state index is 11.5. The summed E-state index contributed by atoms with van der Waals surface area (Å²) >= 11 is 0. The number of carbonyl (C=O) groups excluding carboxylic acids is 2. The van der Waals surface area contributed by atoms with E-state index in [0.29, 0.717) is 6.42 Å². The molecule has 1 aromatic rings. The molecule has 104 valence electrons. The van der Waals surface area contributed by atoms with Crippen LogP contribution in [0.4, 0.5) is 0 Å². The molecule has 0 aliphatic carbocycles. The van der Waals surface area contributed by atoms with Crippen molar-refractivity contribution >= 4 is 11.8 Å². The average Bonchev–Trinajstić information content (AvgIpc) is 2.36. The smallest absolute Gasteiger partial charge is 0.316 e. The highest BCUT2D eigenvalue weighted by atomic mass is 16.5. The molecule has 4 heteroatoms. The van der Waals surface area contributed by atoms with Crippen LogP contribution in [0.2, 0.25) is 0 Å². The van der Waals surface area contributed by atoms with E-state index in [0.717, 1.165) is 11.3 Å². The van der Waals surface area contributed by atoms with E-state index < -0.39 is 11.9 Å². The molecule has 0 N–H and O–H groups in total. The van der Waals surface area contributed by atoms with Gasteiger partial charge in [0.2, 0.25) is 0 Å². The second kappa shape index (κ2) is 6.92. The predicted octanol–water partition coefficient (Wildman–Crippen LogP) is 2.39. The van der Waals surface area contributed by atoms with Crippen LogP contribution >= 0.6 is 0 Å². The van der Waals surface area contributed by atoms with Gasteiger partial charge in [0.25, 0.3) is 0 Å². The summed E-state index contributed by atoms with van der Waals surface area (Å²) < 4.78 is 10.2. The van der Waals surface area contributed by atoms with E-state index in [-0.39, 0.29) is 11.9 Å². The molecule has 1 aromatic carbocycles. The summed E-state index contributed by atoms with van der Waals surface area (Å²) in [6.45, 7) is 5.31. The lowest BCUT2D eigenvalue weighted by Gasteiger charge is -2.13. The number of rotatable bonds is 6. The Bertz CT molecular complexity index is 434. The topological polar surface area (TPSA) is 52.6 Å². The maximum Gasteiger partial charge on any atom is 0.316 e. The van der Waals surface area contributed by atoms with Gasteiger partial charge in [0.15, 0.2) is 0 Å². The van der Waals surface area contributed by atoms with Crippen molar-refractivity contribution in [2.24, 2.45) is 5.92 Å². The minimum atomic E-state index is -0.734. The highest BCUT2D eigenvalue weighted by molar-refractivity contribution is 5.97. The first-order valence-corrected chi connectivity index (χ1v) is 6.28. The number of carbonyl (C=O) groups is 2. The summed E-state index contributed by atoms with van der Waals surface area (Å²) in [6, 6.07) is 7.39. The molecule has 0 radical (unpaired) electrons. The van der Waals surface area contributed by atoms with E-state index in [4.69, 9.17) is 4.74 Å². The summed E-state index contributed by atoms with van der Waals surface area (Å²) in [4.78, 5) is 22.9. The van der Waals surface area contributed by atoms with Crippen LogP contribution in [-0.2, 0) is 20.7 Å². The Labute approximate surface area is 113 Å². The Morgan fingerprint density at radius 2 is 1.74 bits per heavy atom. The molecule has 1 atom stereocenters. The summed E-state index contributed by atoms with van der Waals surface area (Å²) in [6.07, 6.45) is 0.468. The van der Waals surface area contributed by atoms with Crippen LogP contribution in [0.5, 0.6) is 5.75 Å². The highest BCUT2D eigenvalue weighted by Gasteiger charge is 2.24. The third kappa shape index (κ3) is 4.73. The van der Waals surface area contributed by atoms with E-state index in [1.807, 2.05) is 38.1 Å². The molecule has 0 fully saturated rings. The third-order valence-corrected chi connectivity index (χ3v) is 2.71. The van der Waals surface area contributed by atoms with Gasteiger partial charge in [-0.3, -0.25) is 9.59 Å². The molecule has 0 aliphatic rings. The molecular formula is C15H20O4. The van der Waals surface area contributed by atoms with Crippen LogP contribution in [-0.4, -0.2) is 25.0 Å². The molecule has 0 aromatic heterocycles. The molecule has 19 heavy (non-hydrogen) atoms. The summed E-state index contributed by atoms with van der Waals surface area (Å²) in [5.74, 6) is -0.637. The number of Topliss-reactive ketones (excluding diaryl/α,β-unsaturated/α-hetero) is 1. The van der Waals surface area contributed by atoms with Crippen molar-refractivity contribution in [1.82, 2.24) is 0 Å². The zero-order valence-electron chi connectivity index (χ0n) is 11.8. The molecule has 0 saturated carbocycles.